The Morgan fingerprint density at radius 1 is 1.62 bits per heavy atom. The molecule has 0 unspecified atom stereocenters. The number of hydrogen-bond acceptors (Lipinski definition) is 3. The van der Waals surface area contributed by atoms with Crippen molar-refractivity contribution in [3.05, 3.63) is 28.7 Å². The van der Waals surface area contributed by atoms with Crippen LogP contribution in [0.1, 0.15) is 11.4 Å². The lowest BCUT2D eigenvalue weighted by molar-refractivity contribution is 0.866. The predicted octanol–water partition coefficient (Wildman–Crippen LogP) is 1.15. The fraction of sp³-hybridized carbons (Fsp3) is 0.250. The first-order chi connectivity index (χ1) is 6.20. The number of halogens is 1. The van der Waals surface area contributed by atoms with Gasteiger partial charge in [-0.15, -0.1) is 5.10 Å². The van der Waals surface area contributed by atoms with Gasteiger partial charge in [-0.1, -0.05) is 11.6 Å². The van der Waals surface area contributed by atoms with Gasteiger partial charge in [-0.3, -0.25) is 0 Å². The number of aromatic nitrogens is 3. The second-order valence-corrected chi connectivity index (χ2v) is 3.27. The third kappa shape index (κ3) is 1.38. The molecule has 0 aliphatic heterocycles. The van der Waals surface area contributed by atoms with Crippen molar-refractivity contribution < 1.29 is 0 Å². The molecule has 2 N–H and O–H groups in total. The summed E-state index contributed by atoms with van der Waals surface area (Å²) in [5.41, 5.74) is 7.13. The first-order valence-corrected chi connectivity index (χ1v) is 4.30. The lowest BCUT2D eigenvalue weighted by Gasteiger charge is -1.95. The van der Waals surface area contributed by atoms with E-state index in [0.29, 0.717) is 23.0 Å². The van der Waals surface area contributed by atoms with E-state index in [4.69, 9.17) is 17.3 Å². The van der Waals surface area contributed by atoms with Gasteiger partial charge in [-0.25, -0.2) is 9.50 Å². The summed E-state index contributed by atoms with van der Waals surface area (Å²) in [6, 6.07) is 1.85. The summed E-state index contributed by atoms with van der Waals surface area (Å²) in [6.07, 6.45) is 1.87. The molecule has 0 spiro atoms. The van der Waals surface area contributed by atoms with Crippen molar-refractivity contribution in [3.8, 4) is 0 Å². The lowest BCUT2D eigenvalue weighted by atomic mass is 10.3. The fourth-order valence-corrected chi connectivity index (χ4v) is 1.50. The Morgan fingerprint density at radius 2 is 2.38 bits per heavy atom. The summed E-state index contributed by atoms with van der Waals surface area (Å²) in [7, 11) is 0. The number of nitrogens with zero attached hydrogens (tertiary/aromatic N) is 3. The SMILES string of the molecule is Cc1cc(Cl)c2nc(CN)nn2c1. The monoisotopic (exact) mass is 196 g/mol. The largest absolute Gasteiger partial charge is 0.324 e. The van der Waals surface area contributed by atoms with E-state index in [9.17, 15) is 0 Å². The normalized spacial score (nSPS) is 11.0. The Labute approximate surface area is 80.3 Å². The fourth-order valence-electron chi connectivity index (χ4n) is 1.20. The van der Waals surface area contributed by atoms with Crippen LogP contribution in [0, 0.1) is 6.92 Å². The van der Waals surface area contributed by atoms with Gasteiger partial charge in [0.2, 0.25) is 0 Å². The van der Waals surface area contributed by atoms with Crippen molar-refractivity contribution in [2.24, 2.45) is 5.73 Å². The molecule has 0 radical (unpaired) electrons. The van der Waals surface area contributed by atoms with Gasteiger partial charge >= 0.3 is 0 Å². The van der Waals surface area contributed by atoms with E-state index in [2.05, 4.69) is 10.1 Å². The van der Waals surface area contributed by atoms with Gasteiger partial charge in [0.05, 0.1) is 11.6 Å². The van der Waals surface area contributed by atoms with Gasteiger partial charge in [0, 0.05) is 6.20 Å². The summed E-state index contributed by atoms with van der Waals surface area (Å²) in [4.78, 5) is 4.17. The zero-order chi connectivity index (χ0) is 9.42. The Balaban J connectivity index is 2.75. The van der Waals surface area contributed by atoms with Crippen molar-refractivity contribution in [1.82, 2.24) is 14.6 Å². The molecule has 0 saturated heterocycles. The minimum absolute atomic E-state index is 0.330. The molecule has 4 nitrogen and oxygen atoms in total. The Bertz CT molecular complexity index is 449. The summed E-state index contributed by atoms with van der Waals surface area (Å²) < 4.78 is 1.65. The minimum atomic E-state index is 0.330. The van der Waals surface area contributed by atoms with Crippen LogP contribution in [0.25, 0.3) is 5.65 Å². The van der Waals surface area contributed by atoms with Crippen molar-refractivity contribution in [2.75, 3.05) is 0 Å². The van der Waals surface area contributed by atoms with Crippen molar-refractivity contribution in [3.63, 3.8) is 0 Å². The van der Waals surface area contributed by atoms with Gasteiger partial charge in [0.1, 0.15) is 0 Å². The average Bonchev–Trinajstić information content (AvgIpc) is 2.47. The van der Waals surface area contributed by atoms with Crippen LogP contribution in [0.3, 0.4) is 0 Å². The van der Waals surface area contributed by atoms with Crippen LogP contribution in [0.5, 0.6) is 0 Å². The molecule has 0 aliphatic rings. The molecule has 0 amide bonds. The number of pyridine rings is 1. The van der Waals surface area contributed by atoms with Crippen molar-refractivity contribution >= 4 is 17.2 Å². The van der Waals surface area contributed by atoms with E-state index >= 15 is 0 Å². The first kappa shape index (κ1) is 8.47. The summed E-state index contributed by atoms with van der Waals surface area (Å²) in [5.74, 6) is 0.604. The quantitative estimate of drug-likeness (QED) is 0.745. The van der Waals surface area contributed by atoms with Crippen molar-refractivity contribution in [1.29, 1.82) is 0 Å². The zero-order valence-corrected chi connectivity index (χ0v) is 7.91. The van der Waals surface area contributed by atoms with E-state index in [1.807, 2.05) is 19.2 Å². The van der Waals surface area contributed by atoms with Crippen molar-refractivity contribution in [2.45, 2.75) is 13.5 Å². The highest BCUT2D eigenvalue weighted by molar-refractivity contribution is 6.33. The Kier molecular flexibility index (Phi) is 1.94. The van der Waals surface area contributed by atoms with E-state index in [-0.39, 0.29) is 0 Å². The topological polar surface area (TPSA) is 56.2 Å². The third-order valence-corrected chi connectivity index (χ3v) is 2.03. The molecule has 0 bridgehead atoms. The second-order valence-electron chi connectivity index (χ2n) is 2.87. The molecule has 0 aliphatic carbocycles. The average molecular weight is 197 g/mol. The lowest BCUT2D eigenvalue weighted by Crippen LogP contribution is -1.98. The van der Waals surface area contributed by atoms with Crippen LogP contribution in [0.4, 0.5) is 0 Å². The van der Waals surface area contributed by atoms with E-state index in [1.165, 1.54) is 0 Å². The molecule has 2 aromatic rings. The van der Waals surface area contributed by atoms with Crippen LogP contribution < -0.4 is 5.73 Å². The van der Waals surface area contributed by atoms with Gasteiger partial charge < -0.3 is 5.73 Å². The number of hydrogen-bond donors (Lipinski definition) is 1. The van der Waals surface area contributed by atoms with Crippen LogP contribution >= 0.6 is 11.6 Å². The van der Waals surface area contributed by atoms with Gasteiger partial charge in [-0.2, -0.15) is 0 Å². The maximum atomic E-state index is 5.97. The highest BCUT2D eigenvalue weighted by Gasteiger charge is 2.05. The smallest absolute Gasteiger partial charge is 0.174 e. The summed E-state index contributed by atoms with van der Waals surface area (Å²) in [6.45, 7) is 2.28. The molecule has 2 aromatic heterocycles. The maximum absolute atomic E-state index is 5.97. The number of fused-ring (bicyclic) bond motifs is 1. The van der Waals surface area contributed by atoms with Crippen LogP contribution in [0.15, 0.2) is 12.3 Å². The molecule has 0 atom stereocenters. The number of nitrogens with two attached hydrogens (primary N) is 1. The maximum Gasteiger partial charge on any atom is 0.174 e. The molecule has 2 rings (SSSR count). The van der Waals surface area contributed by atoms with E-state index < -0.39 is 0 Å². The highest BCUT2D eigenvalue weighted by atomic mass is 35.5. The third-order valence-electron chi connectivity index (χ3n) is 1.75. The number of rotatable bonds is 1. The van der Waals surface area contributed by atoms with E-state index in [1.54, 1.807) is 4.52 Å². The molecule has 68 valence electrons. The minimum Gasteiger partial charge on any atom is -0.324 e. The van der Waals surface area contributed by atoms with Crippen LogP contribution in [-0.4, -0.2) is 14.6 Å². The number of aryl methyl sites for hydroxylation is 1. The predicted molar refractivity (Wildman–Crippen MR) is 50.6 cm³/mol. The van der Waals surface area contributed by atoms with Gasteiger partial charge in [0.15, 0.2) is 11.5 Å². The molecular weight excluding hydrogens is 188 g/mol. The second kappa shape index (κ2) is 2.97. The standard InChI is InChI=1S/C8H9ClN4/c1-5-2-6(9)8-11-7(3-10)12-13(8)4-5/h2,4H,3,10H2,1H3. The Hall–Kier alpha value is -1.13. The molecular formula is C8H9ClN4. The van der Waals surface area contributed by atoms with E-state index in [0.717, 1.165) is 5.56 Å². The summed E-state index contributed by atoms with van der Waals surface area (Å²) >= 11 is 5.97. The van der Waals surface area contributed by atoms with Crippen LogP contribution in [0.2, 0.25) is 5.02 Å². The molecule has 5 heteroatoms. The molecule has 0 saturated carbocycles. The molecule has 0 aromatic carbocycles. The molecule has 0 fully saturated rings. The molecule has 2 heterocycles. The van der Waals surface area contributed by atoms with Gasteiger partial charge in [-0.05, 0) is 18.6 Å². The highest BCUT2D eigenvalue weighted by Crippen LogP contribution is 2.16. The summed E-state index contributed by atoms with van der Waals surface area (Å²) in [5, 5.41) is 4.75. The van der Waals surface area contributed by atoms with Gasteiger partial charge in [0.25, 0.3) is 0 Å². The first-order valence-electron chi connectivity index (χ1n) is 3.92. The zero-order valence-electron chi connectivity index (χ0n) is 7.16. The Morgan fingerprint density at radius 3 is 3.08 bits per heavy atom. The van der Waals surface area contributed by atoms with Crippen LogP contribution in [-0.2, 0) is 6.54 Å². The molecule has 13 heavy (non-hydrogen) atoms.